The van der Waals surface area contributed by atoms with Gasteiger partial charge < -0.3 is 10.6 Å². The van der Waals surface area contributed by atoms with Crippen molar-refractivity contribution in [2.45, 2.75) is 89.1 Å². The molecule has 0 spiro atoms. The molecule has 0 bridgehead atoms. The molecule has 0 radical (unpaired) electrons. The van der Waals surface area contributed by atoms with Crippen molar-refractivity contribution < 1.29 is 0 Å². The van der Waals surface area contributed by atoms with Gasteiger partial charge in [0.25, 0.3) is 0 Å². The molecule has 2 nitrogen and oxygen atoms in total. The molecule has 0 heterocycles. The minimum absolute atomic E-state index is 0.619. The van der Waals surface area contributed by atoms with Gasteiger partial charge in [-0.2, -0.15) is 0 Å². The summed E-state index contributed by atoms with van der Waals surface area (Å²) in [4.78, 5) is 0. The van der Waals surface area contributed by atoms with Crippen LogP contribution in [0.25, 0.3) is 0 Å². The normalized spacial score (nSPS) is 24.0. The molecule has 18 heavy (non-hydrogen) atoms. The monoisotopic (exact) mass is 268 g/mol. The van der Waals surface area contributed by atoms with Gasteiger partial charge in [0, 0.05) is 12.1 Å². The van der Waals surface area contributed by atoms with Crippen molar-refractivity contribution in [1.29, 1.82) is 0 Å². The fourth-order valence-electron chi connectivity index (χ4n) is 3.26. The van der Waals surface area contributed by atoms with E-state index in [2.05, 4.69) is 10.6 Å². The van der Waals surface area contributed by atoms with Crippen molar-refractivity contribution in [2.24, 2.45) is 0 Å². The molecule has 2 saturated carbocycles. The highest BCUT2D eigenvalue weighted by Crippen LogP contribution is 2.18. The van der Waals surface area contributed by atoms with Gasteiger partial charge >= 0.3 is 0 Å². The van der Waals surface area contributed by atoms with E-state index in [1.807, 2.05) is 0 Å². The van der Waals surface area contributed by atoms with E-state index in [-0.39, 0.29) is 0 Å². The molecule has 3 heteroatoms. The summed E-state index contributed by atoms with van der Waals surface area (Å²) in [5.74, 6) is 0. The second kappa shape index (κ2) is 7.98. The maximum Gasteiger partial charge on any atom is 0.166 e. The minimum atomic E-state index is 0.619. The van der Waals surface area contributed by atoms with Crippen LogP contribution in [0.3, 0.4) is 0 Å². The van der Waals surface area contributed by atoms with Gasteiger partial charge in [0.15, 0.2) is 5.11 Å². The number of hydrogen-bond acceptors (Lipinski definition) is 1. The van der Waals surface area contributed by atoms with Gasteiger partial charge in [0.1, 0.15) is 0 Å². The first-order valence-corrected chi connectivity index (χ1v) is 8.32. The van der Waals surface area contributed by atoms with E-state index in [0.717, 1.165) is 5.11 Å². The molecule has 0 atom stereocenters. The molecule has 2 rings (SSSR count). The van der Waals surface area contributed by atoms with Crippen LogP contribution in [0.2, 0.25) is 0 Å². The first-order valence-electron chi connectivity index (χ1n) is 7.91. The summed E-state index contributed by atoms with van der Waals surface area (Å²) in [6, 6.07) is 1.25. The third-order valence-corrected chi connectivity index (χ3v) is 4.62. The average molecular weight is 268 g/mol. The Kier molecular flexibility index (Phi) is 6.25. The molecule has 0 aromatic carbocycles. The Morgan fingerprint density at radius 3 is 1.39 bits per heavy atom. The van der Waals surface area contributed by atoms with Gasteiger partial charge in [0.2, 0.25) is 0 Å². The lowest BCUT2D eigenvalue weighted by Gasteiger charge is -2.27. The molecule has 2 fully saturated rings. The zero-order valence-electron chi connectivity index (χ0n) is 11.5. The second-order valence-corrected chi connectivity index (χ2v) is 6.40. The fourth-order valence-corrected chi connectivity index (χ4v) is 3.59. The molecule has 0 aromatic heterocycles. The molecule has 0 aliphatic heterocycles. The van der Waals surface area contributed by atoms with Crippen LogP contribution in [0.15, 0.2) is 0 Å². The highest BCUT2D eigenvalue weighted by atomic mass is 32.1. The first-order chi connectivity index (χ1) is 8.84. The van der Waals surface area contributed by atoms with Crippen molar-refractivity contribution in [1.82, 2.24) is 10.6 Å². The summed E-state index contributed by atoms with van der Waals surface area (Å²) in [6.45, 7) is 0. The third kappa shape index (κ3) is 5.13. The topological polar surface area (TPSA) is 24.1 Å². The molecular weight excluding hydrogens is 240 g/mol. The Hall–Kier alpha value is -0.310. The van der Waals surface area contributed by atoms with Crippen LogP contribution in [0.5, 0.6) is 0 Å². The molecular formula is C15H28N2S. The Morgan fingerprint density at radius 1 is 0.611 bits per heavy atom. The van der Waals surface area contributed by atoms with E-state index in [0.29, 0.717) is 12.1 Å². The van der Waals surface area contributed by atoms with Crippen molar-refractivity contribution >= 4 is 17.3 Å². The van der Waals surface area contributed by atoms with Gasteiger partial charge in [0.05, 0.1) is 0 Å². The summed E-state index contributed by atoms with van der Waals surface area (Å²) < 4.78 is 0. The van der Waals surface area contributed by atoms with Gasteiger partial charge in [-0.1, -0.05) is 51.4 Å². The van der Waals surface area contributed by atoms with Crippen molar-refractivity contribution in [3.8, 4) is 0 Å². The van der Waals surface area contributed by atoms with E-state index in [1.54, 1.807) is 0 Å². The predicted octanol–water partition coefficient (Wildman–Crippen LogP) is 3.90. The molecule has 0 amide bonds. The Morgan fingerprint density at radius 2 is 0.944 bits per heavy atom. The van der Waals surface area contributed by atoms with E-state index in [1.165, 1.54) is 77.0 Å². The second-order valence-electron chi connectivity index (χ2n) is 5.99. The lowest BCUT2D eigenvalue weighted by Crippen LogP contribution is -2.46. The number of rotatable bonds is 2. The van der Waals surface area contributed by atoms with E-state index in [9.17, 15) is 0 Å². The van der Waals surface area contributed by atoms with Gasteiger partial charge in [-0.3, -0.25) is 0 Å². The maximum atomic E-state index is 5.47. The molecule has 2 aliphatic rings. The maximum absolute atomic E-state index is 5.47. The van der Waals surface area contributed by atoms with Crippen molar-refractivity contribution in [2.75, 3.05) is 0 Å². The van der Waals surface area contributed by atoms with Crippen LogP contribution in [-0.2, 0) is 0 Å². The Labute approximate surface area is 117 Å². The van der Waals surface area contributed by atoms with E-state index in [4.69, 9.17) is 12.2 Å². The van der Waals surface area contributed by atoms with Gasteiger partial charge in [-0.05, 0) is 37.9 Å². The summed E-state index contributed by atoms with van der Waals surface area (Å²) >= 11 is 5.47. The van der Waals surface area contributed by atoms with Crippen LogP contribution < -0.4 is 10.6 Å². The Bertz CT molecular complexity index is 241. The van der Waals surface area contributed by atoms with E-state index < -0.39 is 0 Å². The van der Waals surface area contributed by atoms with Crippen LogP contribution in [0.4, 0.5) is 0 Å². The van der Waals surface area contributed by atoms with E-state index >= 15 is 0 Å². The van der Waals surface area contributed by atoms with Crippen LogP contribution in [0.1, 0.15) is 77.0 Å². The highest BCUT2D eigenvalue weighted by molar-refractivity contribution is 7.80. The van der Waals surface area contributed by atoms with Crippen LogP contribution in [0, 0.1) is 0 Å². The smallest absolute Gasteiger partial charge is 0.166 e. The summed E-state index contributed by atoms with van der Waals surface area (Å²) in [6.07, 6.45) is 16.3. The molecule has 104 valence electrons. The number of hydrogen-bond donors (Lipinski definition) is 2. The molecule has 0 saturated heterocycles. The largest absolute Gasteiger partial charge is 0.360 e. The van der Waals surface area contributed by atoms with Gasteiger partial charge in [-0.25, -0.2) is 0 Å². The van der Waals surface area contributed by atoms with Crippen LogP contribution in [-0.4, -0.2) is 17.2 Å². The third-order valence-electron chi connectivity index (χ3n) is 4.38. The molecule has 0 unspecified atom stereocenters. The van der Waals surface area contributed by atoms with Crippen LogP contribution >= 0.6 is 12.2 Å². The number of thiocarbonyl (C=S) groups is 1. The Balaban J connectivity index is 1.68. The standard InChI is InChI=1S/C15H28N2S/c18-15(17-14-11-7-4-8-12-14)16-13-9-5-2-1-3-6-10-13/h13-14H,1-12H2,(H2,16,17,18). The minimum Gasteiger partial charge on any atom is -0.360 e. The molecule has 0 aromatic rings. The number of nitrogens with one attached hydrogen (secondary N) is 2. The summed E-state index contributed by atoms with van der Waals surface area (Å²) in [5.41, 5.74) is 0. The lowest BCUT2D eigenvalue weighted by atomic mass is 9.95. The molecule has 2 aliphatic carbocycles. The first kappa shape index (κ1) is 14.1. The quantitative estimate of drug-likeness (QED) is 0.743. The highest BCUT2D eigenvalue weighted by Gasteiger charge is 2.16. The SMILES string of the molecule is S=C(NC1CCCCCCC1)NC1CCCCC1. The van der Waals surface area contributed by atoms with Crippen molar-refractivity contribution in [3.05, 3.63) is 0 Å². The predicted molar refractivity (Wildman–Crippen MR) is 81.8 cm³/mol. The van der Waals surface area contributed by atoms with Gasteiger partial charge in [-0.15, -0.1) is 0 Å². The average Bonchev–Trinajstić information content (AvgIpc) is 2.34. The summed E-state index contributed by atoms with van der Waals surface area (Å²) in [7, 11) is 0. The lowest BCUT2D eigenvalue weighted by molar-refractivity contribution is 0.399. The zero-order valence-corrected chi connectivity index (χ0v) is 12.4. The summed E-state index contributed by atoms with van der Waals surface area (Å²) in [5, 5.41) is 7.99. The van der Waals surface area contributed by atoms with Crippen molar-refractivity contribution in [3.63, 3.8) is 0 Å². The molecule has 2 N–H and O–H groups in total. The fraction of sp³-hybridized carbons (Fsp3) is 0.933. The zero-order chi connectivity index (χ0) is 12.6.